The van der Waals surface area contributed by atoms with Gasteiger partial charge in [0.1, 0.15) is 0 Å². The fourth-order valence-electron chi connectivity index (χ4n) is 0.644. The molecule has 1 rings (SSSR count). The molecule has 0 aromatic carbocycles. The highest BCUT2D eigenvalue weighted by Crippen LogP contribution is 2.02. The number of ether oxygens (including phenoxy) is 1. The van der Waals surface area contributed by atoms with Gasteiger partial charge in [0, 0.05) is 0 Å². The maximum Gasteiger partial charge on any atom is 0.0651 e. The topological polar surface area (TPSA) is 9.23 Å². The van der Waals surface area contributed by atoms with Crippen LogP contribution in [0.5, 0.6) is 0 Å². The van der Waals surface area contributed by atoms with E-state index in [0.717, 1.165) is 13.0 Å². The lowest BCUT2D eigenvalue weighted by Gasteiger charge is -2.12. The molecule has 40 valence electrons. The molecule has 0 spiro atoms. The molecule has 0 bridgehead atoms. The van der Waals surface area contributed by atoms with E-state index in [9.17, 15) is 0 Å². The van der Waals surface area contributed by atoms with Gasteiger partial charge in [-0.15, -0.1) is 0 Å². The van der Waals surface area contributed by atoms with Crippen LogP contribution in [0.25, 0.3) is 0 Å². The van der Waals surface area contributed by atoms with E-state index in [1.165, 1.54) is 0 Å². The molecule has 1 unspecified atom stereocenters. The van der Waals surface area contributed by atoms with Gasteiger partial charge in [-0.1, -0.05) is 12.2 Å². The molecule has 0 fully saturated rings. The normalized spacial score (nSPS) is 30.7. The minimum atomic E-state index is 0.449. The van der Waals surface area contributed by atoms with Crippen molar-refractivity contribution in [2.45, 2.75) is 19.4 Å². The van der Waals surface area contributed by atoms with E-state index in [4.69, 9.17) is 4.74 Å². The standard InChI is InChI=1S/C6H10O/c1-6-4-2-3-5-7-6/h2-3,6H,4-5H2,1H3. The second-order valence-corrected chi connectivity index (χ2v) is 1.85. The fraction of sp³-hybridized carbons (Fsp3) is 0.667. The van der Waals surface area contributed by atoms with Crippen molar-refractivity contribution >= 4 is 0 Å². The van der Waals surface area contributed by atoms with Crippen molar-refractivity contribution in [1.29, 1.82) is 0 Å². The van der Waals surface area contributed by atoms with Crippen LogP contribution in [0.1, 0.15) is 13.3 Å². The maximum absolute atomic E-state index is 5.19. The van der Waals surface area contributed by atoms with Crippen molar-refractivity contribution in [2.24, 2.45) is 0 Å². The summed E-state index contributed by atoms with van der Waals surface area (Å²) >= 11 is 0. The van der Waals surface area contributed by atoms with E-state index in [1.54, 1.807) is 0 Å². The predicted molar refractivity (Wildman–Crippen MR) is 29.2 cm³/mol. The van der Waals surface area contributed by atoms with E-state index in [0.29, 0.717) is 6.10 Å². The van der Waals surface area contributed by atoms with Crippen molar-refractivity contribution in [1.82, 2.24) is 0 Å². The zero-order valence-corrected chi connectivity index (χ0v) is 4.55. The van der Waals surface area contributed by atoms with E-state index >= 15 is 0 Å². The highest BCUT2D eigenvalue weighted by molar-refractivity contribution is 4.87. The Morgan fingerprint density at radius 3 is 2.71 bits per heavy atom. The second-order valence-electron chi connectivity index (χ2n) is 1.85. The van der Waals surface area contributed by atoms with Gasteiger partial charge in [-0.3, -0.25) is 0 Å². The maximum atomic E-state index is 5.19. The highest BCUT2D eigenvalue weighted by atomic mass is 16.5. The molecule has 7 heavy (non-hydrogen) atoms. The molecule has 0 saturated carbocycles. The predicted octanol–water partition coefficient (Wildman–Crippen LogP) is 1.35. The van der Waals surface area contributed by atoms with Crippen LogP contribution >= 0.6 is 0 Å². The lowest BCUT2D eigenvalue weighted by molar-refractivity contribution is 0.0821. The summed E-state index contributed by atoms with van der Waals surface area (Å²) in [7, 11) is 0. The van der Waals surface area contributed by atoms with Crippen LogP contribution in [0, 0.1) is 0 Å². The molecular formula is C6H10O. The smallest absolute Gasteiger partial charge is 0.0651 e. The summed E-state index contributed by atoms with van der Waals surface area (Å²) in [4.78, 5) is 0. The van der Waals surface area contributed by atoms with E-state index in [1.807, 2.05) is 0 Å². The molecule has 1 atom stereocenters. The first-order valence-electron chi connectivity index (χ1n) is 2.66. The first-order chi connectivity index (χ1) is 3.39. The summed E-state index contributed by atoms with van der Waals surface area (Å²) in [5.41, 5.74) is 0. The molecule has 1 heterocycles. The van der Waals surface area contributed by atoms with Crippen molar-refractivity contribution < 1.29 is 4.74 Å². The van der Waals surface area contributed by atoms with Crippen LogP contribution < -0.4 is 0 Å². The van der Waals surface area contributed by atoms with Crippen molar-refractivity contribution in [3.8, 4) is 0 Å². The third kappa shape index (κ3) is 1.32. The molecule has 0 aliphatic carbocycles. The second kappa shape index (κ2) is 2.12. The van der Waals surface area contributed by atoms with Crippen molar-refractivity contribution in [3.05, 3.63) is 12.2 Å². The SMILES string of the molecule is CC1CC=CCO1. The van der Waals surface area contributed by atoms with Crippen LogP contribution in [0.3, 0.4) is 0 Å². The minimum Gasteiger partial charge on any atom is -0.374 e. The fourth-order valence-corrected chi connectivity index (χ4v) is 0.644. The van der Waals surface area contributed by atoms with Crippen LogP contribution in [-0.2, 0) is 4.74 Å². The van der Waals surface area contributed by atoms with E-state index in [2.05, 4.69) is 19.1 Å². The van der Waals surface area contributed by atoms with Crippen LogP contribution in [0.15, 0.2) is 12.2 Å². The molecule has 1 nitrogen and oxygen atoms in total. The summed E-state index contributed by atoms with van der Waals surface area (Å²) in [5, 5.41) is 0. The van der Waals surface area contributed by atoms with Crippen LogP contribution in [0.2, 0.25) is 0 Å². The Hall–Kier alpha value is -0.300. The Kier molecular flexibility index (Phi) is 1.47. The monoisotopic (exact) mass is 98.1 g/mol. The summed E-state index contributed by atoms with van der Waals surface area (Å²) in [6.07, 6.45) is 5.75. The molecule has 0 N–H and O–H groups in total. The molecule has 1 heteroatoms. The quantitative estimate of drug-likeness (QED) is 0.415. The zero-order chi connectivity index (χ0) is 5.11. The Balaban J connectivity index is 2.32. The van der Waals surface area contributed by atoms with Gasteiger partial charge in [0.25, 0.3) is 0 Å². The first kappa shape index (κ1) is 4.85. The van der Waals surface area contributed by atoms with E-state index < -0.39 is 0 Å². The van der Waals surface area contributed by atoms with E-state index in [-0.39, 0.29) is 0 Å². The minimum absolute atomic E-state index is 0.449. The van der Waals surface area contributed by atoms with Gasteiger partial charge in [-0.25, -0.2) is 0 Å². The summed E-state index contributed by atoms with van der Waals surface area (Å²) < 4.78 is 5.19. The Morgan fingerprint density at radius 2 is 2.43 bits per heavy atom. The molecule has 0 radical (unpaired) electrons. The molecule has 0 amide bonds. The molecular weight excluding hydrogens is 88.1 g/mol. The van der Waals surface area contributed by atoms with Gasteiger partial charge in [0.2, 0.25) is 0 Å². The zero-order valence-electron chi connectivity index (χ0n) is 4.55. The molecule has 1 aliphatic rings. The van der Waals surface area contributed by atoms with Crippen LogP contribution in [-0.4, -0.2) is 12.7 Å². The van der Waals surface area contributed by atoms with Crippen molar-refractivity contribution in [2.75, 3.05) is 6.61 Å². The van der Waals surface area contributed by atoms with Gasteiger partial charge in [0.05, 0.1) is 12.7 Å². The molecule has 0 aromatic heterocycles. The Bertz CT molecular complexity index is 76.2. The number of rotatable bonds is 0. The highest BCUT2D eigenvalue weighted by Gasteiger charge is 1.99. The molecule has 1 aliphatic heterocycles. The van der Waals surface area contributed by atoms with Crippen molar-refractivity contribution in [3.63, 3.8) is 0 Å². The van der Waals surface area contributed by atoms with Gasteiger partial charge in [0.15, 0.2) is 0 Å². The molecule has 0 aromatic rings. The molecule has 0 saturated heterocycles. The first-order valence-corrected chi connectivity index (χ1v) is 2.66. The van der Waals surface area contributed by atoms with Gasteiger partial charge >= 0.3 is 0 Å². The lowest BCUT2D eigenvalue weighted by atomic mass is 10.2. The third-order valence-corrected chi connectivity index (χ3v) is 1.11. The number of hydrogen-bond acceptors (Lipinski definition) is 1. The summed E-state index contributed by atoms with van der Waals surface area (Å²) in [5.74, 6) is 0. The summed E-state index contributed by atoms with van der Waals surface area (Å²) in [6.45, 7) is 2.89. The average Bonchev–Trinajstić information content (AvgIpc) is 1.69. The average molecular weight is 98.1 g/mol. The Morgan fingerprint density at radius 1 is 1.57 bits per heavy atom. The van der Waals surface area contributed by atoms with Crippen LogP contribution in [0.4, 0.5) is 0 Å². The third-order valence-electron chi connectivity index (χ3n) is 1.11. The van der Waals surface area contributed by atoms with Gasteiger partial charge in [-0.2, -0.15) is 0 Å². The Labute approximate surface area is 44.0 Å². The summed E-state index contributed by atoms with van der Waals surface area (Å²) in [6, 6.07) is 0. The largest absolute Gasteiger partial charge is 0.374 e. The van der Waals surface area contributed by atoms with Gasteiger partial charge < -0.3 is 4.74 Å². The van der Waals surface area contributed by atoms with Gasteiger partial charge in [-0.05, 0) is 13.3 Å². The lowest BCUT2D eigenvalue weighted by Crippen LogP contribution is -2.09. The number of hydrogen-bond donors (Lipinski definition) is 0.